The molecule has 0 saturated carbocycles. The van der Waals surface area contributed by atoms with Gasteiger partial charge in [0, 0.05) is 17.3 Å². The number of nitrogens with one attached hydrogen (secondary N) is 2. The molecule has 3 rings (SSSR count). The Labute approximate surface area is 184 Å². The van der Waals surface area contributed by atoms with E-state index in [1.807, 2.05) is 20.8 Å². The maximum atomic E-state index is 12.9. The summed E-state index contributed by atoms with van der Waals surface area (Å²) in [6.45, 7) is 9.40. The summed E-state index contributed by atoms with van der Waals surface area (Å²) in [6, 6.07) is 12.8. The summed E-state index contributed by atoms with van der Waals surface area (Å²) in [6.07, 6.45) is 1.42. The number of rotatable bonds is 5. The molecule has 1 heterocycles. The van der Waals surface area contributed by atoms with Crippen LogP contribution in [0.4, 0.5) is 11.4 Å². The third-order valence-electron chi connectivity index (χ3n) is 6.03. The smallest absolute Gasteiger partial charge is 0.241 e. The van der Waals surface area contributed by atoms with E-state index in [0.717, 1.165) is 16.8 Å². The predicted molar refractivity (Wildman–Crippen MR) is 123 cm³/mol. The topological polar surface area (TPSA) is 85.2 Å². The standard InChI is InChI=1S/C25H30N4O2/c1-16-13-17(2)23(18(3)14-16)28-24(30)19(4)29-11-9-21(10-12-29)25(31)27-22-7-5-20(15-26)6-8-22/h5-8,13-14,19,21H,9-12H2,1-4H3,(H,27,31)(H,28,30). The van der Waals surface area contributed by atoms with Gasteiger partial charge in [0.25, 0.3) is 0 Å². The Balaban J connectivity index is 1.53. The van der Waals surface area contributed by atoms with Crippen molar-refractivity contribution in [3.63, 3.8) is 0 Å². The molecule has 2 amide bonds. The van der Waals surface area contributed by atoms with Gasteiger partial charge in [0.1, 0.15) is 0 Å². The zero-order valence-electron chi connectivity index (χ0n) is 18.7. The summed E-state index contributed by atoms with van der Waals surface area (Å²) < 4.78 is 0. The fourth-order valence-electron chi connectivity index (χ4n) is 4.19. The first-order valence-corrected chi connectivity index (χ1v) is 10.7. The van der Waals surface area contributed by atoms with Crippen LogP contribution in [0, 0.1) is 38.0 Å². The molecule has 0 radical (unpaired) electrons. The number of amides is 2. The van der Waals surface area contributed by atoms with Gasteiger partial charge < -0.3 is 10.6 Å². The van der Waals surface area contributed by atoms with Gasteiger partial charge in [-0.25, -0.2) is 0 Å². The van der Waals surface area contributed by atoms with Crippen molar-refractivity contribution < 1.29 is 9.59 Å². The highest BCUT2D eigenvalue weighted by atomic mass is 16.2. The van der Waals surface area contributed by atoms with Crippen LogP contribution in [0.2, 0.25) is 0 Å². The van der Waals surface area contributed by atoms with Crippen LogP contribution in [-0.4, -0.2) is 35.8 Å². The first kappa shape index (κ1) is 22.5. The minimum atomic E-state index is -0.261. The highest BCUT2D eigenvalue weighted by Gasteiger charge is 2.30. The van der Waals surface area contributed by atoms with Crippen LogP contribution < -0.4 is 10.6 Å². The number of hydrogen-bond acceptors (Lipinski definition) is 4. The van der Waals surface area contributed by atoms with E-state index < -0.39 is 0 Å². The molecule has 0 spiro atoms. The summed E-state index contributed by atoms with van der Waals surface area (Å²) in [4.78, 5) is 27.6. The molecule has 1 fully saturated rings. The molecule has 0 bridgehead atoms. The van der Waals surface area contributed by atoms with Crippen molar-refractivity contribution in [1.82, 2.24) is 4.90 Å². The molecule has 31 heavy (non-hydrogen) atoms. The second kappa shape index (κ2) is 9.76. The number of hydrogen-bond donors (Lipinski definition) is 2. The van der Waals surface area contributed by atoms with Gasteiger partial charge >= 0.3 is 0 Å². The molecular formula is C25H30N4O2. The summed E-state index contributed by atoms with van der Waals surface area (Å²) in [5.41, 5.74) is 5.46. The van der Waals surface area contributed by atoms with Gasteiger partial charge in [-0.3, -0.25) is 14.5 Å². The van der Waals surface area contributed by atoms with Crippen molar-refractivity contribution in [1.29, 1.82) is 5.26 Å². The highest BCUT2D eigenvalue weighted by molar-refractivity contribution is 5.96. The molecule has 2 N–H and O–H groups in total. The van der Waals surface area contributed by atoms with Crippen molar-refractivity contribution >= 4 is 23.2 Å². The van der Waals surface area contributed by atoms with Gasteiger partial charge in [-0.2, -0.15) is 5.26 Å². The van der Waals surface area contributed by atoms with E-state index in [4.69, 9.17) is 5.26 Å². The molecule has 2 aromatic carbocycles. The van der Waals surface area contributed by atoms with Crippen LogP contribution in [0.1, 0.15) is 42.0 Å². The van der Waals surface area contributed by atoms with E-state index in [-0.39, 0.29) is 23.8 Å². The summed E-state index contributed by atoms with van der Waals surface area (Å²) >= 11 is 0. The van der Waals surface area contributed by atoms with Crippen molar-refractivity contribution in [3.05, 3.63) is 58.7 Å². The maximum absolute atomic E-state index is 12.9. The quantitative estimate of drug-likeness (QED) is 0.763. The summed E-state index contributed by atoms with van der Waals surface area (Å²) in [5, 5.41) is 14.9. The van der Waals surface area contributed by atoms with Crippen LogP contribution in [0.25, 0.3) is 0 Å². The minimum Gasteiger partial charge on any atom is -0.326 e. The first-order chi connectivity index (χ1) is 14.8. The predicted octanol–water partition coefficient (Wildman–Crippen LogP) is 4.16. The van der Waals surface area contributed by atoms with Gasteiger partial charge in [-0.15, -0.1) is 0 Å². The highest BCUT2D eigenvalue weighted by Crippen LogP contribution is 2.24. The number of anilines is 2. The minimum absolute atomic E-state index is 0.00707. The summed E-state index contributed by atoms with van der Waals surface area (Å²) in [5.74, 6) is -0.105. The number of nitrogens with zero attached hydrogens (tertiary/aromatic N) is 2. The zero-order valence-corrected chi connectivity index (χ0v) is 18.7. The number of carbonyl (C=O) groups is 2. The Morgan fingerprint density at radius 1 is 1.03 bits per heavy atom. The van der Waals surface area contributed by atoms with Crippen LogP contribution in [0.5, 0.6) is 0 Å². The second-order valence-electron chi connectivity index (χ2n) is 8.43. The van der Waals surface area contributed by atoms with E-state index in [1.54, 1.807) is 24.3 Å². The summed E-state index contributed by atoms with van der Waals surface area (Å²) in [7, 11) is 0. The van der Waals surface area contributed by atoms with Gasteiger partial charge in [-0.05, 0) is 89.0 Å². The average Bonchev–Trinajstić information content (AvgIpc) is 2.76. The number of likely N-dealkylation sites (tertiary alicyclic amines) is 1. The third-order valence-corrected chi connectivity index (χ3v) is 6.03. The van der Waals surface area contributed by atoms with Gasteiger partial charge in [0.15, 0.2) is 0 Å². The molecule has 1 unspecified atom stereocenters. The Morgan fingerprint density at radius 3 is 2.16 bits per heavy atom. The van der Waals surface area contributed by atoms with Crippen molar-refractivity contribution in [2.45, 2.75) is 46.6 Å². The lowest BCUT2D eigenvalue weighted by Crippen LogP contribution is -2.47. The molecule has 1 saturated heterocycles. The largest absolute Gasteiger partial charge is 0.326 e. The third kappa shape index (κ3) is 5.50. The van der Waals surface area contributed by atoms with Gasteiger partial charge in [0.2, 0.25) is 11.8 Å². The van der Waals surface area contributed by atoms with Crippen molar-refractivity contribution in [2.24, 2.45) is 5.92 Å². The average molecular weight is 419 g/mol. The zero-order chi connectivity index (χ0) is 22.5. The van der Waals surface area contributed by atoms with E-state index in [2.05, 4.69) is 40.7 Å². The lowest BCUT2D eigenvalue weighted by Gasteiger charge is -2.35. The monoisotopic (exact) mass is 418 g/mol. The SMILES string of the molecule is Cc1cc(C)c(NC(=O)C(C)N2CCC(C(=O)Nc3ccc(C#N)cc3)CC2)c(C)c1. The molecule has 0 aromatic heterocycles. The van der Waals surface area contributed by atoms with Gasteiger partial charge in [-0.1, -0.05) is 17.7 Å². The number of piperidine rings is 1. The van der Waals surface area contributed by atoms with Crippen molar-refractivity contribution in [2.75, 3.05) is 23.7 Å². The molecule has 0 aliphatic carbocycles. The Hall–Kier alpha value is -3.17. The van der Waals surface area contributed by atoms with Gasteiger partial charge in [0.05, 0.1) is 17.7 Å². The molecular weight excluding hydrogens is 388 g/mol. The second-order valence-corrected chi connectivity index (χ2v) is 8.43. The number of aryl methyl sites for hydroxylation is 3. The first-order valence-electron chi connectivity index (χ1n) is 10.7. The Kier molecular flexibility index (Phi) is 7.09. The molecule has 1 aliphatic heterocycles. The van der Waals surface area contributed by atoms with Crippen LogP contribution in [0.15, 0.2) is 36.4 Å². The lowest BCUT2D eigenvalue weighted by molar-refractivity contribution is -0.123. The molecule has 1 aliphatic rings. The van der Waals surface area contributed by atoms with E-state index in [0.29, 0.717) is 37.2 Å². The van der Waals surface area contributed by atoms with Crippen molar-refractivity contribution in [3.8, 4) is 6.07 Å². The lowest BCUT2D eigenvalue weighted by atomic mass is 9.94. The number of nitriles is 1. The molecule has 6 nitrogen and oxygen atoms in total. The van der Waals surface area contributed by atoms with Crippen LogP contribution in [0.3, 0.4) is 0 Å². The normalized spacial score (nSPS) is 15.7. The Morgan fingerprint density at radius 2 is 1.61 bits per heavy atom. The van der Waals surface area contributed by atoms with Crippen LogP contribution >= 0.6 is 0 Å². The molecule has 1 atom stereocenters. The van der Waals surface area contributed by atoms with Crippen LogP contribution in [-0.2, 0) is 9.59 Å². The Bertz CT molecular complexity index is 976. The molecule has 6 heteroatoms. The number of benzene rings is 2. The fourth-order valence-corrected chi connectivity index (χ4v) is 4.19. The maximum Gasteiger partial charge on any atom is 0.241 e. The van der Waals surface area contributed by atoms with E-state index >= 15 is 0 Å². The molecule has 2 aromatic rings. The fraction of sp³-hybridized carbons (Fsp3) is 0.400. The number of carbonyl (C=O) groups excluding carboxylic acids is 2. The van der Waals surface area contributed by atoms with E-state index in [1.165, 1.54) is 5.56 Å². The molecule has 162 valence electrons. The van der Waals surface area contributed by atoms with E-state index in [9.17, 15) is 9.59 Å².